The summed E-state index contributed by atoms with van der Waals surface area (Å²) in [5, 5.41) is 3.31. The average molecular weight is 380 g/mol. The number of rotatable bonds is 5. The molecular weight excluding hydrogens is 357 g/mol. The van der Waals surface area contributed by atoms with Gasteiger partial charge in [0.05, 0.1) is 25.8 Å². The summed E-state index contributed by atoms with van der Waals surface area (Å²) in [7, 11) is 3.14. The smallest absolute Gasteiger partial charge is 0.416 e. The van der Waals surface area contributed by atoms with Crippen LogP contribution in [0.25, 0.3) is 0 Å². The van der Waals surface area contributed by atoms with E-state index in [1.807, 2.05) is 18.2 Å². The summed E-state index contributed by atoms with van der Waals surface area (Å²) >= 11 is 0. The average Bonchev–Trinajstić information content (AvgIpc) is 2.68. The molecule has 7 heteroatoms. The quantitative estimate of drug-likeness (QED) is 0.857. The second kappa shape index (κ2) is 8.19. The highest BCUT2D eigenvalue weighted by molar-refractivity contribution is 5.51. The van der Waals surface area contributed by atoms with Crippen molar-refractivity contribution < 1.29 is 22.6 Å². The van der Waals surface area contributed by atoms with Crippen molar-refractivity contribution >= 4 is 0 Å². The number of ether oxygens (including phenoxy) is 2. The minimum absolute atomic E-state index is 0.223. The third-order valence-electron chi connectivity index (χ3n) is 4.80. The normalized spacial score (nSPS) is 16.8. The Morgan fingerprint density at radius 1 is 0.963 bits per heavy atom. The predicted octanol–water partition coefficient (Wildman–Crippen LogP) is 3.72. The number of para-hydroxylation sites is 1. The van der Waals surface area contributed by atoms with E-state index >= 15 is 0 Å². The fourth-order valence-electron chi connectivity index (χ4n) is 3.51. The molecule has 3 rings (SSSR count). The lowest BCUT2D eigenvalue weighted by molar-refractivity contribution is -0.137. The molecule has 146 valence electrons. The number of hydrogen-bond acceptors (Lipinski definition) is 4. The van der Waals surface area contributed by atoms with Crippen LogP contribution in [0.15, 0.2) is 42.5 Å². The zero-order chi connectivity index (χ0) is 19.4. The van der Waals surface area contributed by atoms with Crippen LogP contribution in [0.5, 0.6) is 11.5 Å². The van der Waals surface area contributed by atoms with E-state index in [1.54, 1.807) is 26.4 Å². The summed E-state index contributed by atoms with van der Waals surface area (Å²) in [4.78, 5) is 2.25. The van der Waals surface area contributed by atoms with E-state index in [0.717, 1.165) is 49.4 Å². The molecule has 0 radical (unpaired) electrons. The van der Waals surface area contributed by atoms with Gasteiger partial charge in [0.2, 0.25) is 0 Å². The van der Waals surface area contributed by atoms with Gasteiger partial charge in [-0.2, -0.15) is 13.2 Å². The molecule has 4 nitrogen and oxygen atoms in total. The minimum atomic E-state index is -4.35. The van der Waals surface area contributed by atoms with Gasteiger partial charge < -0.3 is 14.8 Å². The molecule has 1 aliphatic rings. The van der Waals surface area contributed by atoms with Gasteiger partial charge in [-0.15, -0.1) is 0 Å². The van der Waals surface area contributed by atoms with Gasteiger partial charge in [0.1, 0.15) is 0 Å². The summed E-state index contributed by atoms with van der Waals surface area (Å²) in [6, 6.07) is 10.8. The first-order chi connectivity index (χ1) is 13.0. The van der Waals surface area contributed by atoms with Crippen LogP contribution in [-0.4, -0.2) is 45.3 Å². The van der Waals surface area contributed by atoms with Crippen molar-refractivity contribution in [1.82, 2.24) is 10.2 Å². The van der Waals surface area contributed by atoms with Crippen molar-refractivity contribution in [1.29, 1.82) is 0 Å². The molecule has 1 fully saturated rings. The Balaban J connectivity index is 2.07. The van der Waals surface area contributed by atoms with Crippen LogP contribution in [0, 0.1) is 0 Å². The van der Waals surface area contributed by atoms with Crippen molar-refractivity contribution in [2.45, 2.75) is 12.2 Å². The van der Waals surface area contributed by atoms with Gasteiger partial charge in [-0.25, -0.2) is 0 Å². The van der Waals surface area contributed by atoms with Gasteiger partial charge in [-0.05, 0) is 23.8 Å². The van der Waals surface area contributed by atoms with Crippen molar-refractivity contribution in [2.75, 3.05) is 40.4 Å². The molecule has 27 heavy (non-hydrogen) atoms. The minimum Gasteiger partial charge on any atom is -0.493 e. The first-order valence-corrected chi connectivity index (χ1v) is 8.78. The number of nitrogens with zero attached hydrogens (tertiary/aromatic N) is 1. The summed E-state index contributed by atoms with van der Waals surface area (Å²) in [5.41, 5.74) is 1.01. The highest BCUT2D eigenvalue weighted by atomic mass is 19.4. The number of nitrogens with one attached hydrogen (secondary N) is 1. The summed E-state index contributed by atoms with van der Waals surface area (Å²) in [6.07, 6.45) is -4.35. The van der Waals surface area contributed by atoms with E-state index in [9.17, 15) is 13.2 Å². The number of alkyl halides is 3. The Hall–Kier alpha value is -2.25. The first-order valence-electron chi connectivity index (χ1n) is 8.78. The SMILES string of the molecule is COc1cccc(C(c2ccc(C(F)(F)F)cc2)N2CCNCC2)c1OC. The van der Waals surface area contributed by atoms with Crippen LogP contribution < -0.4 is 14.8 Å². The predicted molar refractivity (Wildman–Crippen MR) is 97.3 cm³/mol. The lowest BCUT2D eigenvalue weighted by atomic mass is 9.94. The number of benzene rings is 2. The summed E-state index contributed by atoms with van der Waals surface area (Å²) < 4.78 is 49.9. The number of halogens is 3. The molecule has 0 spiro atoms. The molecule has 1 heterocycles. The van der Waals surface area contributed by atoms with Gasteiger partial charge in [0.15, 0.2) is 11.5 Å². The second-order valence-corrected chi connectivity index (χ2v) is 6.39. The van der Waals surface area contributed by atoms with Gasteiger partial charge in [0, 0.05) is 31.7 Å². The van der Waals surface area contributed by atoms with Gasteiger partial charge in [-0.1, -0.05) is 24.3 Å². The van der Waals surface area contributed by atoms with E-state index in [4.69, 9.17) is 9.47 Å². The highest BCUT2D eigenvalue weighted by Gasteiger charge is 2.32. The van der Waals surface area contributed by atoms with E-state index in [1.165, 1.54) is 0 Å². The monoisotopic (exact) mass is 380 g/mol. The topological polar surface area (TPSA) is 33.7 Å². The molecule has 0 bridgehead atoms. The van der Waals surface area contributed by atoms with Crippen LogP contribution in [0.2, 0.25) is 0 Å². The zero-order valence-electron chi connectivity index (χ0n) is 15.3. The second-order valence-electron chi connectivity index (χ2n) is 6.39. The molecule has 1 unspecified atom stereocenters. The van der Waals surface area contributed by atoms with Crippen molar-refractivity contribution in [3.8, 4) is 11.5 Å². The van der Waals surface area contributed by atoms with Crippen LogP contribution >= 0.6 is 0 Å². The largest absolute Gasteiger partial charge is 0.493 e. The molecule has 0 amide bonds. The Bertz CT molecular complexity index is 757. The van der Waals surface area contributed by atoms with Crippen LogP contribution in [-0.2, 0) is 6.18 Å². The Morgan fingerprint density at radius 3 is 2.19 bits per heavy atom. The van der Waals surface area contributed by atoms with Crippen LogP contribution in [0.4, 0.5) is 13.2 Å². The Kier molecular flexibility index (Phi) is 5.92. The molecule has 2 aromatic rings. The highest BCUT2D eigenvalue weighted by Crippen LogP contribution is 2.40. The Morgan fingerprint density at radius 2 is 1.63 bits per heavy atom. The molecule has 2 aromatic carbocycles. The van der Waals surface area contributed by atoms with Gasteiger partial charge in [-0.3, -0.25) is 4.90 Å². The number of piperazine rings is 1. The molecule has 1 N–H and O–H groups in total. The maximum atomic E-state index is 13.0. The summed E-state index contributed by atoms with van der Waals surface area (Å²) in [6.45, 7) is 3.21. The van der Waals surface area contributed by atoms with E-state index in [0.29, 0.717) is 11.5 Å². The van der Waals surface area contributed by atoms with Gasteiger partial charge in [0.25, 0.3) is 0 Å². The van der Waals surface area contributed by atoms with Crippen molar-refractivity contribution in [2.24, 2.45) is 0 Å². The van der Waals surface area contributed by atoms with Gasteiger partial charge >= 0.3 is 6.18 Å². The first kappa shape index (κ1) is 19.5. The molecule has 1 atom stereocenters. The standard InChI is InChI=1S/C20H23F3N2O2/c1-26-17-5-3-4-16(19(17)27-2)18(25-12-10-24-11-13-25)14-6-8-15(9-7-14)20(21,22)23/h3-9,18,24H,10-13H2,1-2H3. The molecule has 0 aromatic heterocycles. The third-order valence-corrected chi connectivity index (χ3v) is 4.80. The van der Waals surface area contributed by atoms with E-state index in [2.05, 4.69) is 10.2 Å². The summed E-state index contributed by atoms with van der Waals surface area (Å²) in [5.74, 6) is 1.20. The lowest BCUT2D eigenvalue weighted by Gasteiger charge is -2.36. The molecule has 0 saturated carbocycles. The fourth-order valence-corrected chi connectivity index (χ4v) is 3.51. The Labute approximate surface area is 156 Å². The fraction of sp³-hybridized carbons (Fsp3) is 0.400. The maximum absolute atomic E-state index is 13.0. The molecule has 1 aliphatic heterocycles. The maximum Gasteiger partial charge on any atom is 0.416 e. The zero-order valence-corrected chi connectivity index (χ0v) is 15.3. The van der Waals surface area contributed by atoms with Crippen LogP contribution in [0.3, 0.4) is 0 Å². The van der Waals surface area contributed by atoms with Crippen molar-refractivity contribution in [3.63, 3.8) is 0 Å². The lowest BCUT2D eigenvalue weighted by Crippen LogP contribution is -2.45. The molecule has 1 saturated heterocycles. The molecular formula is C20H23F3N2O2. The van der Waals surface area contributed by atoms with Crippen LogP contribution in [0.1, 0.15) is 22.7 Å². The van der Waals surface area contributed by atoms with E-state index in [-0.39, 0.29) is 6.04 Å². The van der Waals surface area contributed by atoms with Crippen molar-refractivity contribution in [3.05, 3.63) is 59.2 Å². The third kappa shape index (κ3) is 4.20. The number of hydrogen-bond donors (Lipinski definition) is 1. The molecule has 0 aliphatic carbocycles. The van der Waals surface area contributed by atoms with E-state index < -0.39 is 11.7 Å². The number of methoxy groups -OCH3 is 2.